The first-order valence-corrected chi connectivity index (χ1v) is 3.22. The number of ketones is 1. The number of hydrogen-bond donors (Lipinski definition) is 0. The molecule has 0 fully saturated rings. The van der Waals surface area contributed by atoms with Gasteiger partial charge in [0.1, 0.15) is 5.78 Å². The molecule has 10 heavy (non-hydrogen) atoms. The van der Waals surface area contributed by atoms with E-state index in [4.69, 9.17) is 0 Å². The van der Waals surface area contributed by atoms with Crippen molar-refractivity contribution in [3.8, 4) is 0 Å². The Morgan fingerprint density at radius 2 is 1.70 bits per heavy atom. The lowest BCUT2D eigenvalue weighted by atomic mass is 10.3. The van der Waals surface area contributed by atoms with E-state index < -0.39 is 0 Å². The van der Waals surface area contributed by atoms with Gasteiger partial charge in [-0.2, -0.15) is 0 Å². The van der Waals surface area contributed by atoms with E-state index >= 15 is 0 Å². The highest BCUT2D eigenvalue weighted by atomic mass is 35.5. The van der Waals surface area contributed by atoms with Gasteiger partial charge < -0.3 is 16.9 Å². The summed E-state index contributed by atoms with van der Waals surface area (Å²) in [6.07, 6.45) is 0.698. The predicted molar refractivity (Wildman–Crippen MR) is 38.2 cm³/mol. The summed E-state index contributed by atoms with van der Waals surface area (Å²) in [6.45, 7) is 2.57. The number of nitrogens with zero attached hydrogens (tertiary/aromatic N) is 1. The van der Waals surface area contributed by atoms with Gasteiger partial charge in [-0.05, 0) is 6.92 Å². The topological polar surface area (TPSA) is 17.1 Å². The van der Waals surface area contributed by atoms with E-state index in [-0.39, 0.29) is 18.2 Å². The molecule has 0 aromatic heterocycles. The third-order valence-electron chi connectivity index (χ3n) is 1.13. The van der Waals surface area contributed by atoms with Crippen LogP contribution in [-0.2, 0) is 4.79 Å². The molecule has 0 aliphatic heterocycles. The van der Waals surface area contributed by atoms with Gasteiger partial charge in [0.05, 0.1) is 34.1 Å². The normalized spacial score (nSPS) is 10.4. The molecular weight excluding hydrogens is 150 g/mol. The number of Topliss-reactive ketones (excluding diaryl/α,β-unsaturated/α-hetero) is 1. The van der Waals surface area contributed by atoms with E-state index in [1.165, 1.54) is 0 Å². The maximum Gasteiger partial charge on any atom is 0.135 e. The molecule has 62 valence electrons. The van der Waals surface area contributed by atoms with Gasteiger partial charge in [0.2, 0.25) is 0 Å². The van der Waals surface area contributed by atoms with Crippen molar-refractivity contribution in [3.63, 3.8) is 0 Å². The first kappa shape index (κ1) is 12.6. The minimum Gasteiger partial charge on any atom is -1.00 e. The largest absolute Gasteiger partial charge is 1.00 e. The van der Waals surface area contributed by atoms with E-state index in [9.17, 15) is 4.79 Å². The predicted octanol–water partition coefficient (Wildman–Crippen LogP) is -2.32. The minimum atomic E-state index is 0. The van der Waals surface area contributed by atoms with Crippen LogP contribution in [0.1, 0.15) is 13.3 Å². The zero-order valence-corrected chi connectivity index (χ0v) is 7.90. The Kier molecular flexibility index (Phi) is 5.90. The maximum absolute atomic E-state index is 10.5. The Hall–Kier alpha value is -0.0800. The van der Waals surface area contributed by atoms with Crippen LogP contribution in [0.3, 0.4) is 0 Å². The third kappa shape index (κ3) is 10.8. The summed E-state index contributed by atoms with van der Waals surface area (Å²) in [5.41, 5.74) is 0. The smallest absolute Gasteiger partial charge is 0.135 e. The molecule has 0 saturated heterocycles. The van der Waals surface area contributed by atoms with E-state index in [0.717, 1.165) is 11.0 Å². The Labute approximate surface area is 69.2 Å². The lowest BCUT2D eigenvalue weighted by molar-refractivity contribution is -0.869. The Bertz CT molecular complexity index is 107. The van der Waals surface area contributed by atoms with Crippen molar-refractivity contribution < 1.29 is 21.7 Å². The molecule has 2 nitrogen and oxygen atoms in total. The lowest BCUT2D eigenvalue weighted by Gasteiger charge is -2.22. The van der Waals surface area contributed by atoms with Crippen LogP contribution in [0.2, 0.25) is 0 Å². The van der Waals surface area contributed by atoms with Gasteiger partial charge in [0, 0.05) is 0 Å². The molecule has 0 amide bonds. The zero-order valence-electron chi connectivity index (χ0n) is 7.15. The van der Waals surface area contributed by atoms with Crippen LogP contribution in [0.25, 0.3) is 0 Å². The molecule has 0 bridgehead atoms. The maximum atomic E-state index is 10.5. The van der Waals surface area contributed by atoms with Crippen molar-refractivity contribution in [1.29, 1.82) is 0 Å². The fourth-order valence-corrected chi connectivity index (χ4v) is 0.493. The summed E-state index contributed by atoms with van der Waals surface area (Å²) < 4.78 is 0.875. The summed E-state index contributed by atoms with van der Waals surface area (Å²) in [7, 11) is 6.26. The van der Waals surface area contributed by atoms with Crippen LogP contribution in [-0.4, -0.2) is 38.0 Å². The molecule has 0 heterocycles. The van der Waals surface area contributed by atoms with E-state index in [1.807, 2.05) is 0 Å². The molecule has 0 aliphatic rings. The average molecular weight is 166 g/mol. The van der Waals surface area contributed by atoms with Crippen LogP contribution < -0.4 is 12.4 Å². The Morgan fingerprint density at radius 3 is 1.80 bits per heavy atom. The van der Waals surface area contributed by atoms with E-state index in [0.29, 0.717) is 6.42 Å². The Morgan fingerprint density at radius 1 is 1.30 bits per heavy atom. The molecule has 0 atom stereocenters. The quantitative estimate of drug-likeness (QED) is 0.429. The van der Waals surface area contributed by atoms with Gasteiger partial charge in [-0.15, -0.1) is 0 Å². The molecule has 0 radical (unpaired) electrons. The summed E-state index contributed by atoms with van der Waals surface area (Å²) in [4.78, 5) is 10.5. The average Bonchev–Trinajstić information content (AvgIpc) is 1.59. The van der Waals surface area contributed by atoms with Crippen molar-refractivity contribution in [2.24, 2.45) is 0 Å². The van der Waals surface area contributed by atoms with Crippen LogP contribution in [0, 0.1) is 0 Å². The summed E-state index contributed by atoms with van der Waals surface area (Å²) >= 11 is 0. The van der Waals surface area contributed by atoms with Crippen molar-refractivity contribution in [2.75, 3.05) is 27.7 Å². The highest BCUT2D eigenvalue weighted by molar-refractivity contribution is 5.75. The molecule has 0 aromatic carbocycles. The van der Waals surface area contributed by atoms with Gasteiger partial charge >= 0.3 is 0 Å². The number of halogens is 1. The summed E-state index contributed by atoms with van der Waals surface area (Å²) in [5.74, 6) is 0.281. The van der Waals surface area contributed by atoms with Crippen LogP contribution >= 0.6 is 0 Å². The summed E-state index contributed by atoms with van der Waals surface area (Å²) in [5, 5.41) is 0. The first-order valence-electron chi connectivity index (χ1n) is 3.22. The summed E-state index contributed by atoms with van der Waals surface area (Å²) in [6, 6.07) is 0. The zero-order chi connectivity index (χ0) is 7.49. The molecule has 0 aliphatic carbocycles. The molecule has 0 saturated carbocycles. The second kappa shape index (κ2) is 4.69. The van der Waals surface area contributed by atoms with Gasteiger partial charge in [-0.1, -0.05) is 0 Å². The molecule has 3 heteroatoms. The van der Waals surface area contributed by atoms with Crippen LogP contribution in [0.5, 0.6) is 0 Å². The number of hydrogen-bond acceptors (Lipinski definition) is 1. The first-order chi connectivity index (χ1) is 3.92. The molecule has 0 spiro atoms. The fraction of sp³-hybridized carbons (Fsp3) is 0.857. The van der Waals surface area contributed by atoms with Crippen LogP contribution in [0.15, 0.2) is 0 Å². The second-order valence-electron chi connectivity index (χ2n) is 3.47. The minimum absolute atomic E-state index is 0. The fourth-order valence-electron chi connectivity index (χ4n) is 0.493. The number of quaternary nitrogens is 1. The second-order valence-corrected chi connectivity index (χ2v) is 3.47. The third-order valence-corrected chi connectivity index (χ3v) is 1.13. The lowest BCUT2D eigenvalue weighted by Crippen LogP contribution is -3.00. The SMILES string of the molecule is CC(=O)CC[N+](C)(C)C.[Cl-]. The van der Waals surface area contributed by atoms with Crippen molar-refractivity contribution >= 4 is 5.78 Å². The van der Waals surface area contributed by atoms with Crippen molar-refractivity contribution in [1.82, 2.24) is 0 Å². The van der Waals surface area contributed by atoms with Gasteiger partial charge in [-0.3, -0.25) is 4.79 Å². The highest BCUT2D eigenvalue weighted by Gasteiger charge is 2.06. The van der Waals surface area contributed by atoms with E-state index in [2.05, 4.69) is 21.1 Å². The van der Waals surface area contributed by atoms with Gasteiger partial charge in [0.15, 0.2) is 0 Å². The number of rotatable bonds is 3. The Balaban J connectivity index is 0. The monoisotopic (exact) mass is 165 g/mol. The van der Waals surface area contributed by atoms with Crippen molar-refractivity contribution in [2.45, 2.75) is 13.3 Å². The molecule has 0 unspecified atom stereocenters. The van der Waals surface area contributed by atoms with Crippen molar-refractivity contribution in [3.05, 3.63) is 0 Å². The molecule has 0 rings (SSSR count). The number of carbonyl (C=O) groups excluding carboxylic acids is 1. The molecule has 0 N–H and O–H groups in total. The highest BCUT2D eigenvalue weighted by Crippen LogP contribution is 1.92. The van der Waals surface area contributed by atoms with Gasteiger partial charge in [-0.25, -0.2) is 0 Å². The van der Waals surface area contributed by atoms with Gasteiger partial charge in [0.25, 0.3) is 0 Å². The van der Waals surface area contributed by atoms with Crippen LogP contribution in [0.4, 0.5) is 0 Å². The standard InChI is InChI=1S/C7H16NO.ClH/c1-7(9)5-6-8(2,3)4;/h5-6H2,1-4H3;1H/q+1;/p-1. The molecule has 0 aromatic rings. The molecular formula is C7H16ClNO. The number of carbonyl (C=O) groups is 1. The van der Waals surface area contributed by atoms with E-state index in [1.54, 1.807) is 6.92 Å².